The van der Waals surface area contributed by atoms with E-state index in [2.05, 4.69) is 9.84 Å². The van der Waals surface area contributed by atoms with Crippen LogP contribution in [0.1, 0.15) is 16.2 Å². The van der Waals surface area contributed by atoms with Gasteiger partial charge in [0.25, 0.3) is 0 Å². The van der Waals surface area contributed by atoms with E-state index < -0.39 is 23.5 Å². The second kappa shape index (κ2) is 3.89. The van der Waals surface area contributed by atoms with Gasteiger partial charge in [-0.15, -0.1) is 0 Å². The monoisotopic (exact) mass is 377 g/mol. The van der Waals surface area contributed by atoms with Gasteiger partial charge < -0.3 is 14.6 Å². The summed E-state index contributed by atoms with van der Waals surface area (Å²) in [6.07, 6.45) is -3.64. The molecule has 1 aliphatic heterocycles. The van der Waals surface area contributed by atoms with Gasteiger partial charge in [0.15, 0.2) is 11.4 Å². The SMILES string of the molecule is O=C([O-])c1cc2n(n1)-c1c(I)cccc1OC2(F)F. The lowest BCUT2D eigenvalue weighted by atomic mass is 10.2. The van der Waals surface area contributed by atoms with Crippen molar-refractivity contribution in [3.8, 4) is 11.4 Å². The number of halogens is 3. The second-order valence-corrected chi connectivity index (χ2v) is 4.98. The lowest BCUT2D eigenvalue weighted by Gasteiger charge is -2.26. The van der Waals surface area contributed by atoms with E-state index in [0.717, 1.165) is 10.7 Å². The van der Waals surface area contributed by atoms with Crippen LogP contribution in [0.3, 0.4) is 0 Å². The third kappa shape index (κ3) is 1.78. The maximum atomic E-state index is 13.8. The Hall–Kier alpha value is -1.71. The average Bonchev–Trinajstić information content (AvgIpc) is 2.74. The molecule has 0 fully saturated rings. The van der Waals surface area contributed by atoms with Crippen LogP contribution in [-0.4, -0.2) is 15.7 Å². The maximum absolute atomic E-state index is 13.8. The van der Waals surface area contributed by atoms with Gasteiger partial charge in [0.2, 0.25) is 0 Å². The van der Waals surface area contributed by atoms with E-state index in [-0.39, 0.29) is 11.4 Å². The van der Waals surface area contributed by atoms with E-state index in [1.54, 1.807) is 12.1 Å². The molecule has 2 aromatic rings. The van der Waals surface area contributed by atoms with Crippen LogP contribution in [0.15, 0.2) is 24.3 Å². The largest absolute Gasteiger partial charge is 0.543 e. The number of carboxylic acids is 1. The summed E-state index contributed by atoms with van der Waals surface area (Å²) in [4.78, 5) is 10.8. The number of aromatic nitrogens is 2. The first-order chi connectivity index (χ1) is 8.90. The number of hydrogen-bond donors (Lipinski definition) is 0. The highest BCUT2D eigenvalue weighted by atomic mass is 127. The normalized spacial score (nSPS) is 15.3. The Morgan fingerprint density at radius 2 is 2.21 bits per heavy atom. The van der Waals surface area contributed by atoms with Crippen LogP contribution in [0.2, 0.25) is 0 Å². The topological polar surface area (TPSA) is 67.2 Å². The molecule has 98 valence electrons. The lowest BCUT2D eigenvalue weighted by Crippen LogP contribution is -2.30. The number of alkyl halides is 2. The molecule has 1 aliphatic rings. The third-order valence-electron chi connectivity index (χ3n) is 2.62. The van der Waals surface area contributed by atoms with Crippen LogP contribution in [0.4, 0.5) is 8.78 Å². The van der Waals surface area contributed by atoms with Crippen LogP contribution in [0.5, 0.6) is 5.75 Å². The average molecular weight is 377 g/mol. The minimum Gasteiger partial charge on any atom is -0.543 e. The van der Waals surface area contributed by atoms with Crippen molar-refractivity contribution in [3.63, 3.8) is 0 Å². The number of carboxylic acid groups (broad SMARTS) is 1. The van der Waals surface area contributed by atoms with Crippen LogP contribution in [-0.2, 0) is 6.11 Å². The second-order valence-electron chi connectivity index (χ2n) is 3.82. The number of ether oxygens (including phenoxy) is 1. The summed E-state index contributed by atoms with van der Waals surface area (Å²) in [6.45, 7) is 0. The molecule has 0 bridgehead atoms. The van der Waals surface area contributed by atoms with Crippen molar-refractivity contribution in [1.82, 2.24) is 9.78 Å². The fraction of sp³-hybridized carbons (Fsp3) is 0.0909. The molecule has 0 N–H and O–H groups in total. The lowest BCUT2D eigenvalue weighted by molar-refractivity contribution is -0.255. The fourth-order valence-corrected chi connectivity index (χ4v) is 2.53. The number of carbonyl (C=O) groups is 1. The molecular weight excluding hydrogens is 373 g/mol. The zero-order valence-corrected chi connectivity index (χ0v) is 11.2. The van der Waals surface area contributed by atoms with Gasteiger partial charge in [0.05, 0.1) is 5.97 Å². The van der Waals surface area contributed by atoms with E-state index in [0.29, 0.717) is 3.57 Å². The molecule has 0 atom stereocenters. The summed E-state index contributed by atoms with van der Waals surface area (Å²) < 4.78 is 33.7. The van der Waals surface area contributed by atoms with E-state index in [4.69, 9.17) is 0 Å². The van der Waals surface area contributed by atoms with Crippen LogP contribution >= 0.6 is 22.6 Å². The van der Waals surface area contributed by atoms with Crippen molar-refractivity contribution in [2.24, 2.45) is 0 Å². The van der Waals surface area contributed by atoms with E-state index in [1.807, 2.05) is 22.6 Å². The molecule has 0 saturated heterocycles. The van der Waals surface area contributed by atoms with Gasteiger partial charge in [0.1, 0.15) is 11.4 Å². The van der Waals surface area contributed by atoms with Crippen LogP contribution < -0.4 is 9.84 Å². The molecule has 0 radical (unpaired) electrons. The number of rotatable bonds is 1. The maximum Gasteiger partial charge on any atom is 0.444 e. The fourth-order valence-electron chi connectivity index (χ4n) is 1.83. The Labute approximate surface area is 118 Å². The summed E-state index contributed by atoms with van der Waals surface area (Å²) in [5, 5.41) is 14.4. The molecule has 2 heterocycles. The number of aromatic carboxylic acids is 1. The molecule has 0 spiro atoms. The highest BCUT2D eigenvalue weighted by Crippen LogP contribution is 2.42. The molecular formula is C11H4F2IN2O3-. The van der Waals surface area contributed by atoms with E-state index in [1.165, 1.54) is 6.07 Å². The molecule has 1 aromatic heterocycles. The number of fused-ring (bicyclic) bond motifs is 3. The minimum absolute atomic E-state index is 0.0580. The first-order valence-electron chi connectivity index (χ1n) is 5.08. The standard InChI is InChI=1S/C11H5F2IN2O3/c12-11(13)8-4-6(10(17)18)15-16(8)9-5(14)2-1-3-7(9)19-11/h1-4H,(H,17,18)/p-1. The van der Waals surface area contributed by atoms with E-state index >= 15 is 0 Å². The number of hydrogen-bond acceptors (Lipinski definition) is 4. The van der Waals surface area contributed by atoms with Crippen molar-refractivity contribution in [2.45, 2.75) is 6.11 Å². The van der Waals surface area contributed by atoms with Gasteiger partial charge in [-0.2, -0.15) is 13.9 Å². The summed E-state index contributed by atoms with van der Waals surface area (Å²) in [7, 11) is 0. The zero-order chi connectivity index (χ0) is 13.8. The van der Waals surface area contributed by atoms with Crippen molar-refractivity contribution < 1.29 is 23.4 Å². The minimum atomic E-state index is -3.64. The van der Waals surface area contributed by atoms with Crippen molar-refractivity contribution in [1.29, 1.82) is 0 Å². The van der Waals surface area contributed by atoms with E-state index in [9.17, 15) is 18.7 Å². The summed E-state index contributed by atoms with van der Waals surface area (Å²) in [5.74, 6) is -1.68. The predicted octanol–water partition coefficient (Wildman–Crippen LogP) is 1.28. The summed E-state index contributed by atoms with van der Waals surface area (Å²) >= 11 is 1.93. The van der Waals surface area contributed by atoms with Gasteiger partial charge in [-0.05, 0) is 40.8 Å². The first kappa shape index (κ1) is 12.3. The van der Waals surface area contributed by atoms with Crippen LogP contribution in [0.25, 0.3) is 5.69 Å². The predicted molar refractivity (Wildman–Crippen MR) is 65.1 cm³/mol. The first-order valence-corrected chi connectivity index (χ1v) is 6.15. The van der Waals surface area contributed by atoms with Gasteiger partial charge in [-0.3, -0.25) is 0 Å². The van der Waals surface area contributed by atoms with Gasteiger partial charge in [0, 0.05) is 3.57 Å². The number of para-hydroxylation sites is 1. The molecule has 0 unspecified atom stereocenters. The Morgan fingerprint density at radius 3 is 2.89 bits per heavy atom. The number of carbonyl (C=O) groups excluding carboxylic acids is 1. The summed E-state index contributed by atoms with van der Waals surface area (Å²) in [5.41, 5.74) is -0.911. The van der Waals surface area contributed by atoms with Gasteiger partial charge in [-0.1, -0.05) is 6.07 Å². The Bertz CT molecular complexity index is 699. The molecule has 0 amide bonds. The molecule has 8 heteroatoms. The Kier molecular flexibility index (Phi) is 2.52. The summed E-state index contributed by atoms with van der Waals surface area (Å²) in [6, 6.07) is 5.36. The van der Waals surface area contributed by atoms with Gasteiger partial charge in [-0.25, -0.2) is 4.68 Å². The molecule has 0 saturated carbocycles. The number of nitrogens with zero attached hydrogens (tertiary/aromatic N) is 2. The van der Waals surface area contributed by atoms with Crippen molar-refractivity contribution in [2.75, 3.05) is 0 Å². The third-order valence-corrected chi connectivity index (χ3v) is 3.49. The quantitative estimate of drug-likeness (QED) is 0.703. The van der Waals surface area contributed by atoms with Crippen molar-refractivity contribution in [3.05, 3.63) is 39.2 Å². The smallest absolute Gasteiger partial charge is 0.444 e. The van der Waals surface area contributed by atoms with Gasteiger partial charge >= 0.3 is 6.11 Å². The highest BCUT2D eigenvalue weighted by Gasteiger charge is 2.44. The molecule has 1 aromatic carbocycles. The number of benzene rings is 1. The van der Waals surface area contributed by atoms with Crippen LogP contribution in [0, 0.1) is 3.57 Å². The molecule has 3 rings (SSSR count). The molecule has 5 nitrogen and oxygen atoms in total. The molecule has 19 heavy (non-hydrogen) atoms. The Morgan fingerprint density at radius 1 is 1.47 bits per heavy atom. The molecule has 0 aliphatic carbocycles. The highest BCUT2D eigenvalue weighted by molar-refractivity contribution is 14.1. The Balaban J connectivity index is 2.33. The van der Waals surface area contributed by atoms with Crippen molar-refractivity contribution >= 4 is 28.6 Å². The zero-order valence-electron chi connectivity index (χ0n) is 9.06.